The minimum Gasteiger partial charge on any atom is -0.494 e. The Labute approximate surface area is 195 Å². The van der Waals surface area contributed by atoms with Gasteiger partial charge in [-0.1, -0.05) is 13.3 Å². The van der Waals surface area contributed by atoms with E-state index in [1.54, 1.807) is 48.9 Å². The number of benzene rings is 2. The van der Waals surface area contributed by atoms with Crippen molar-refractivity contribution in [2.75, 3.05) is 11.9 Å². The van der Waals surface area contributed by atoms with Crippen molar-refractivity contribution in [3.8, 4) is 22.8 Å². The molecule has 0 unspecified atom stereocenters. The Morgan fingerprint density at radius 1 is 1.06 bits per heavy atom. The van der Waals surface area contributed by atoms with Crippen molar-refractivity contribution in [3.63, 3.8) is 0 Å². The minimum atomic E-state index is -3.07. The van der Waals surface area contributed by atoms with Crippen molar-refractivity contribution in [1.29, 1.82) is 0 Å². The standard InChI is InChI=1S/C25H26F2N2O5/c1-4-5-12-33-17-8-6-16(7-9-17)28-23(30)20-14-22(29(3)15(20)2)19-11-10-18(34-25(26)27)13-21(19)24(31)32/h6-11,13-14,25H,4-5,12H2,1-3H3,(H,28,30)(H,31,32). The molecule has 0 atom stereocenters. The molecule has 2 N–H and O–H groups in total. The van der Waals surface area contributed by atoms with Crippen molar-refractivity contribution >= 4 is 17.6 Å². The summed E-state index contributed by atoms with van der Waals surface area (Å²) in [5.74, 6) is -1.22. The van der Waals surface area contributed by atoms with Crippen LogP contribution in [0.3, 0.4) is 0 Å². The number of alkyl halides is 2. The van der Waals surface area contributed by atoms with Crippen molar-refractivity contribution in [2.45, 2.75) is 33.3 Å². The number of nitrogens with one attached hydrogen (secondary N) is 1. The first-order valence-electron chi connectivity index (χ1n) is 10.7. The van der Waals surface area contributed by atoms with Gasteiger partial charge in [-0.2, -0.15) is 8.78 Å². The Hall–Kier alpha value is -3.88. The second-order valence-corrected chi connectivity index (χ2v) is 7.66. The molecule has 0 bridgehead atoms. The van der Waals surface area contributed by atoms with Crippen LogP contribution in [-0.4, -0.2) is 34.8 Å². The summed E-state index contributed by atoms with van der Waals surface area (Å²) in [6.45, 7) is 1.37. The lowest BCUT2D eigenvalue weighted by molar-refractivity contribution is -0.0499. The summed E-state index contributed by atoms with van der Waals surface area (Å²) >= 11 is 0. The van der Waals surface area contributed by atoms with Crippen molar-refractivity contribution in [1.82, 2.24) is 4.57 Å². The van der Waals surface area contributed by atoms with E-state index in [0.29, 0.717) is 35.0 Å². The van der Waals surface area contributed by atoms with Crippen LogP contribution in [0.2, 0.25) is 0 Å². The Bertz CT molecular complexity index is 1170. The molecule has 1 aromatic heterocycles. The number of hydrogen-bond acceptors (Lipinski definition) is 4. The third kappa shape index (κ3) is 5.72. The van der Waals surface area contributed by atoms with Crippen LogP contribution in [0.1, 0.15) is 46.2 Å². The maximum Gasteiger partial charge on any atom is 0.387 e. The molecule has 0 spiro atoms. The summed E-state index contributed by atoms with van der Waals surface area (Å²) in [6, 6.07) is 12.3. The van der Waals surface area contributed by atoms with E-state index in [-0.39, 0.29) is 22.8 Å². The molecule has 0 aliphatic heterocycles. The number of carbonyl (C=O) groups excluding carboxylic acids is 1. The summed E-state index contributed by atoms with van der Waals surface area (Å²) < 4.78 is 36.7. The molecule has 3 rings (SSSR count). The van der Waals surface area contributed by atoms with Gasteiger partial charge in [-0.15, -0.1) is 0 Å². The number of nitrogens with zero attached hydrogens (tertiary/aromatic N) is 1. The summed E-state index contributed by atoms with van der Waals surface area (Å²) in [5, 5.41) is 12.4. The number of carbonyl (C=O) groups is 2. The first kappa shape index (κ1) is 24.8. The molecule has 7 nitrogen and oxygen atoms in total. The van der Waals surface area contributed by atoms with E-state index in [2.05, 4.69) is 17.0 Å². The fourth-order valence-corrected chi connectivity index (χ4v) is 3.45. The normalized spacial score (nSPS) is 10.9. The molecule has 0 saturated carbocycles. The predicted molar refractivity (Wildman–Crippen MR) is 124 cm³/mol. The highest BCUT2D eigenvalue weighted by Gasteiger charge is 2.21. The summed E-state index contributed by atoms with van der Waals surface area (Å²) in [4.78, 5) is 24.7. The van der Waals surface area contributed by atoms with Gasteiger partial charge < -0.3 is 24.5 Å². The van der Waals surface area contributed by atoms with Gasteiger partial charge in [0.15, 0.2) is 0 Å². The number of hydrogen-bond donors (Lipinski definition) is 2. The monoisotopic (exact) mass is 472 g/mol. The molecule has 0 aliphatic rings. The smallest absolute Gasteiger partial charge is 0.387 e. The highest BCUT2D eigenvalue weighted by atomic mass is 19.3. The lowest BCUT2D eigenvalue weighted by atomic mass is 10.0. The van der Waals surface area contributed by atoms with Gasteiger partial charge in [-0.25, -0.2) is 4.79 Å². The molecule has 180 valence electrons. The average Bonchev–Trinajstić information content (AvgIpc) is 3.09. The molecule has 0 fully saturated rings. The maximum absolute atomic E-state index is 12.9. The number of carboxylic acids is 1. The van der Waals surface area contributed by atoms with Crippen LogP contribution in [0, 0.1) is 6.92 Å². The van der Waals surface area contributed by atoms with Gasteiger partial charge in [0.25, 0.3) is 5.91 Å². The average molecular weight is 472 g/mol. The van der Waals surface area contributed by atoms with Crippen LogP contribution in [-0.2, 0) is 7.05 Å². The number of carboxylic acid groups (broad SMARTS) is 1. The van der Waals surface area contributed by atoms with Gasteiger partial charge in [-0.05, 0) is 61.9 Å². The van der Waals surface area contributed by atoms with E-state index >= 15 is 0 Å². The number of anilines is 1. The number of unbranched alkanes of at least 4 members (excludes halogenated alkanes) is 1. The highest BCUT2D eigenvalue weighted by Crippen LogP contribution is 2.31. The largest absolute Gasteiger partial charge is 0.494 e. The van der Waals surface area contributed by atoms with Gasteiger partial charge in [-0.3, -0.25) is 4.79 Å². The van der Waals surface area contributed by atoms with Crippen LogP contribution in [0.25, 0.3) is 11.3 Å². The molecular formula is C25H26F2N2O5. The highest BCUT2D eigenvalue weighted by molar-refractivity contribution is 6.06. The second kappa shape index (κ2) is 10.8. The molecular weight excluding hydrogens is 446 g/mol. The lowest BCUT2D eigenvalue weighted by Gasteiger charge is -2.11. The topological polar surface area (TPSA) is 89.8 Å². The number of aromatic carboxylic acids is 1. The van der Waals surface area contributed by atoms with E-state index in [4.69, 9.17) is 4.74 Å². The van der Waals surface area contributed by atoms with Crippen LogP contribution >= 0.6 is 0 Å². The molecule has 0 radical (unpaired) electrons. The fourth-order valence-electron chi connectivity index (χ4n) is 3.45. The summed E-state index contributed by atoms with van der Waals surface area (Å²) in [5.41, 5.74) is 2.04. The van der Waals surface area contributed by atoms with Crippen LogP contribution in [0.4, 0.5) is 14.5 Å². The lowest BCUT2D eigenvalue weighted by Crippen LogP contribution is -2.12. The van der Waals surface area contributed by atoms with E-state index < -0.39 is 12.6 Å². The number of ether oxygens (including phenoxy) is 2. The molecule has 34 heavy (non-hydrogen) atoms. The van der Waals surface area contributed by atoms with Crippen molar-refractivity contribution in [2.24, 2.45) is 7.05 Å². The van der Waals surface area contributed by atoms with E-state index in [9.17, 15) is 23.5 Å². The molecule has 1 amide bonds. The molecule has 2 aromatic carbocycles. The second-order valence-electron chi connectivity index (χ2n) is 7.66. The number of aromatic nitrogens is 1. The number of halogens is 2. The quantitative estimate of drug-likeness (QED) is 0.368. The zero-order valence-electron chi connectivity index (χ0n) is 19.1. The van der Waals surface area contributed by atoms with E-state index in [1.165, 1.54) is 12.1 Å². The predicted octanol–water partition coefficient (Wildman–Crippen LogP) is 5.73. The zero-order chi connectivity index (χ0) is 24.8. The zero-order valence-corrected chi connectivity index (χ0v) is 19.1. The Balaban J connectivity index is 1.85. The molecule has 0 aliphatic carbocycles. The summed E-state index contributed by atoms with van der Waals surface area (Å²) in [6.07, 6.45) is 1.99. The van der Waals surface area contributed by atoms with E-state index in [0.717, 1.165) is 18.9 Å². The van der Waals surface area contributed by atoms with Crippen LogP contribution < -0.4 is 14.8 Å². The third-order valence-electron chi connectivity index (χ3n) is 5.38. The Morgan fingerprint density at radius 2 is 1.74 bits per heavy atom. The maximum atomic E-state index is 12.9. The third-order valence-corrected chi connectivity index (χ3v) is 5.38. The van der Waals surface area contributed by atoms with Crippen LogP contribution in [0.15, 0.2) is 48.5 Å². The molecule has 1 heterocycles. The molecule has 3 aromatic rings. The summed E-state index contributed by atoms with van der Waals surface area (Å²) in [7, 11) is 1.69. The van der Waals surface area contributed by atoms with Gasteiger partial charge in [0.05, 0.1) is 17.7 Å². The number of rotatable bonds is 10. The van der Waals surface area contributed by atoms with Gasteiger partial charge in [0.2, 0.25) is 0 Å². The van der Waals surface area contributed by atoms with Crippen LogP contribution in [0.5, 0.6) is 11.5 Å². The van der Waals surface area contributed by atoms with Crippen molar-refractivity contribution in [3.05, 3.63) is 65.4 Å². The first-order chi connectivity index (χ1) is 16.2. The van der Waals surface area contributed by atoms with Gasteiger partial charge in [0, 0.05) is 29.7 Å². The van der Waals surface area contributed by atoms with Gasteiger partial charge >= 0.3 is 12.6 Å². The molecule has 9 heteroatoms. The number of amides is 1. The van der Waals surface area contributed by atoms with E-state index in [1.807, 2.05) is 0 Å². The first-order valence-corrected chi connectivity index (χ1v) is 10.7. The van der Waals surface area contributed by atoms with Crippen molar-refractivity contribution < 1.29 is 33.0 Å². The SMILES string of the molecule is CCCCOc1ccc(NC(=O)c2cc(-c3ccc(OC(F)F)cc3C(=O)O)n(C)c2C)cc1. The fraction of sp³-hybridized carbons (Fsp3) is 0.280. The Morgan fingerprint density at radius 3 is 2.35 bits per heavy atom. The Kier molecular flexibility index (Phi) is 7.88. The van der Waals surface area contributed by atoms with Gasteiger partial charge in [0.1, 0.15) is 11.5 Å². The molecule has 0 saturated heterocycles. The minimum absolute atomic E-state index is 0.218.